The Hall–Kier alpha value is -1.83. The van der Waals surface area contributed by atoms with Gasteiger partial charge in [-0.05, 0) is 42.3 Å². The number of fused-ring (bicyclic) bond motifs is 3. The zero-order chi connectivity index (χ0) is 14.4. The lowest BCUT2D eigenvalue weighted by atomic mass is 10.0. The predicted octanol–water partition coefficient (Wildman–Crippen LogP) is 6.68. The summed E-state index contributed by atoms with van der Waals surface area (Å²) in [6.07, 6.45) is 0. The van der Waals surface area contributed by atoms with Crippen LogP contribution in [0.2, 0.25) is 5.02 Å². The molecule has 3 aromatic carbocycles. The van der Waals surface area contributed by atoms with Crippen LogP contribution >= 0.6 is 22.9 Å². The normalized spacial score (nSPS) is 11.3. The van der Waals surface area contributed by atoms with Gasteiger partial charge in [-0.2, -0.15) is 0 Å². The molecule has 1 aromatic heterocycles. The SMILES string of the molecule is Cc1ccc(-c2ccc3c(c2)sc2ccc(Cl)cc23)cc1. The summed E-state index contributed by atoms with van der Waals surface area (Å²) in [4.78, 5) is 0. The van der Waals surface area contributed by atoms with Crippen molar-refractivity contribution in [3.63, 3.8) is 0 Å². The van der Waals surface area contributed by atoms with Crippen molar-refractivity contribution >= 4 is 43.1 Å². The quantitative estimate of drug-likeness (QED) is 0.368. The van der Waals surface area contributed by atoms with E-state index < -0.39 is 0 Å². The fraction of sp³-hybridized carbons (Fsp3) is 0.0526. The van der Waals surface area contributed by atoms with E-state index in [-0.39, 0.29) is 0 Å². The summed E-state index contributed by atoms with van der Waals surface area (Å²) < 4.78 is 2.60. The third kappa shape index (κ3) is 2.23. The van der Waals surface area contributed by atoms with E-state index in [1.165, 1.54) is 36.9 Å². The number of aryl methyl sites for hydroxylation is 1. The second-order valence-electron chi connectivity index (χ2n) is 5.32. The molecule has 0 saturated carbocycles. The molecule has 4 aromatic rings. The molecule has 0 spiro atoms. The van der Waals surface area contributed by atoms with Gasteiger partial charge in [0.1, 0.15) is 0 Å². The van der Waals surface area contributed by atoms with E-state index >= 15 is 0 Å². The van der Waals surface area contributed by atoms with Gasteiger partial charge in [-0.25, -0.2) is 0 Å². The van der Waals surface area contributed by atoms with E-state index in [2.05, 4.69) is 61.5 Å². The summed E-state index contributed by atoms with van der Waals surface area (Å²) in [5.41, 5.74) is 3.81. The van der Waals surface area contributed by atoms with Crippen molar-refractivity contribution < 1.29 is 0 Å². The Labute approximate surface area is 132 Å². The van der Waals surface area contributed by atoms with Crippen LogP contribution in [0.25, 0.3) is 31.3 Å². The van der Waals surface area contributed by atoms with E-state index in [4.69, 9.17) is 11.6 Å². The summed E-state index contributed by atoms with van der Waals surface area (Å²) in [6, 6.07) is 21.5. The number of halogens is 1. The molecular formula is C19H13ClS. The van der Waals surface area contributed by atoms with Gasteiger partial charge in [-0.3, -0.25) is 0 Å². The summed E-state index contributed by atoms with van der Waals surface area (Å²) in [7, 11) is 0. The molecule has 102 valence electrons. The molecule has 0 aliphatic rings. The van der Waals surface area contributed by atoms with Crippen LogP contribution in [0.5, 0.6) is 0 Å². The highest BCUT2D eigenvalue weighted by atomic mass is 35.5. The molecule has 2 heteroatoms. The van der Waals surface area contributed by atoms with Crippen molar-refractivity contribution in [2.75, 3.05) is 0 Å². The van der Waals surface area contributed by atoms with Gasteiger partial charge in [-0.15, -0.1) is 11.3 Å². The summed E-state index contributed by atoms with van der Waals surface area (Å²) in [5.74, 6) is 0. The molecule has 0 fully saturated rings. The predicted molar refractivity (Wildman–Crippen MR) is 94.5 cm³/mol. The van der Waals surface area contributed by atoms with Gasteiger partial charge in [-0.1, -0.05) is 53.6 Å². The first-order valence-electron chi connectivity index (χ1n) is 6.89. The average molecular weight is 309 g/mol. The Balaban J connectivity index is 1.94. The highest BCUT2D eigenvalue weighted by molar-refractivity contribution is 7.25. The fourth-order valence-corrected chi connectivity index (χ4v) is 3.97. The molecule has 0 N–H and O–H groups in total. The van der Waals surface area contributed by atoms with Gasteiger partial charge >= 0.3 is 0 Å². The molecular weight excluding hydrogens is 296 g/mol. The van der Waals surface area contributed by atoms with Crippen LogP contribution in [0.4, 0.5) is 0 Å². The number of thiophene rings is 1. The minimum absolute atomic E-state index is 0.796. The Kier molecular flexibility index (Phi) is 2.99. The molecule has 0 nitrogen and oxygen atoms in total. The fourth-order valence-electron chi connectivity index (χ4n) is 2.68. The molecule has 0 saturated heterocycles. The zero-order valence-corrected chi connectivity index (χ0v) is 13.1. The van der Waals surface area contributed by atoms with Crippen LogP contribution in [-0.2, 0) is 0 Å². The van der Waals surface area contributed by atoms with Crippen LogP contribution in [0, 0.1) is 6.92 Å². The average Bonchev–Trinajstić information content (AvgIpc) is 2.85. The van der Waals surface area contributed by atoms with Crippen LogP contribution in [0.15, 0.2) is 60.7 Å². The van der Waals surface area contributed by atoms with Crippen molar-refractivity contribution in [1.82, 2.24) is 0 Å². The van der Waals surface area contributed by atoms with E-state index in [0.717, 1.165) is 5.02 Å². The maximum atomic E-state index is 6.12. The molecule has 0 amide bonds. The highest BCUT2D eigenvalue weighted by Gasteiger charge is 2.07. The Morgan fingerprint density at radius 1 is 0.714 bits per heavy atom. The first-order valence-corrected chi connectivity index (χ1v) is 8.09. The lowest BCUT2D eigenvalue weighted by Crippen LogP contribution is -1.78. The number of hydrogen-bond acceptors (Lipinski definition) is 1. The van der Waals surface area contributed by atoms with Crippen molar-refractivity contribution in [2.24, 2.45) is 0 Å². The van der Waals surface area contributed by atoms with Crippen LogP contribution in [0.3, 0.4) is 0 Å². The molecule has 0 aliphatic carbocycles. The van der Waals surface area contributed by atoms with Crippen LogP contribution in [-0.4, -0.2) is 0 Å². The third-order valence-electron chi connectivity index (χ3n) is 3.82. The summed E-state index contributed by atoms with van der Waals surface area (Å²) in [6.45, 7) is 2.11. The molecule has 0 unspecified atom stereocenters. The molecule has 1 heterocycles. The minimum atomic E-state index is 0.796. The Morgan fingerprint density at radius 3 is 2.29 bits per heavy atom. The number of hydrogen-bond donors (Lipinski definition) is 0. The number of rotatable bonds is 1. The lowest BCUT2D eigenvalue weighted by molar-refractivity contribution is 1.47. The topological polar surface area (TPSA) is 0 Å². The molecule has 4 rings (SSSR count). The van der Waals surface area contributed by atoms with Crippen LogP contribution < -0.4 is 0 Å². The van der Waals surface area contributed by atoms with Gasteiger partial charge in [0.25, 0.3) is 0 Å². The Bertz CT molecular complexity index is 949. The maximum absolute atomic E-state index is 6.12. The number of benzene rings is 3. The van der Waals surface area contributed by atoms with Gasteiger partial charge < -0.3 is 0 Å². The molecule has 0 aliphatic heterocycles. The minimum Gasteiger partial charge on any atom is -0.135 e. The smallest absolute Gasteiger partial charge is 0.0413 e. The standard InChI is InChI=1S/C19H13ClS/c1-12-2-4-13(5-3-12)14-6-8-16-17-11-15(20)7-9-18(17)21-19(16)10-14/h2-11H,1H3. The van der Waals surface area contributed by atoms with Crippen molar-refractivity contribution in [2.45, 2.75) is 6.92 Å². The third-order valence-corrected chi connectivity index (χ3v) is 5.19. The monoisotopic (exact) mass is 308 g/mol. The first kappa shape index (κ1) is 12.9. The van der Waals surface area contributed by atoms with Gasteiger partial charge in [0.2, 0.25) is 0 Å². The maximum Gasteiger partial charge on any atom is 0.0413 e. The molecule has 0 atom stereocenters. The van der Waals surface area contributed by atoms with Crippen molar-refractivity contribution in [3.8, 4) is 11.1 Å². The van der Waals surface area contributed by atoms with Crippen molar-refractivity contribution in [3.05, 3.63) is 71.2 Å². The summed E-state index contributed by atoms with van der Waals surface area (Å²) >= 11 is 7.95. The molecule has 0 radical (unpaired) electrons. The second-order valence-corrected chi connectivity index (χ2v) is 6.84. The van der Waals surface area contributed by atoms with Crippen LogP contribution in [0.1, 0.15) is 5.56 Å². The molecule has 21 heavy (non-hydrogen) atoms. The molecule has 0 bridgehead atoms. The van der Waals surface area contributed by atoms with Gasteiger partial charge in [0.15, 0.2) is 0 Å². The zero-order valence-electron chi connectivity index (χ0n) is 11.6. The first-order chi connectivity index (χ1) is 10.2. The van der Waals surface area contributed by atoms with E-state index in [0.29, 0.717) is 0 Å². The highest BCUT2D eigenvalue weighted by Crippen LogP contribution is 2.37. The van der Waals surface area contributed by atoms with E-state index in [9.17, 15) is 0 Å². The lowest BCUT2D eigenvalue weighted by Gasteiger charge is -2.02. The second kappa shape index (κ2) is 4.87. The van der Waals surface area contributed by atoms with E-state index in [1.807, 2.05) is 17.4 Å². The van der Waals surface area contributed by atoms with E-state index in [1.54, 1.807) is 0 Å². The van der Waals surface area contributed by atoms with Gasteiger partial charge in [0.05, 0.1) is 0 Å². The summed E-state index contributed by atoms with van der Waals surface area (Å²) in [5, 5.41) is 3.33. The van der Waals surface area contributed by atoms with Gasteiger partial charge in [0, 0.05) is 25.2 Å². The largest absolute Gasteiger partial charge is 0.135 e. The van der Waals surface area contributed by atoms with Crippen molar-refractivity contribution in [1.29, 1.82) is 0 Å². The Morgan fingerprint density at radius 2 is 1.48 bits per heavy atom.